The quantitative estimate of drug-likeness (QED) is 0.871. The molecule has 0 saturated carbocycles. The lowest BCUT2D eigenvalue weighted by Crippen LogP contribution is -2.38. The van der Waals surface area contributed by atoms with Gasteiger partial charge >= 0.3 is 0 Å². The minimum atomic E-state index is -0.785. The second-order valence-corrected chi connectivity index (χ2v) is 5.88. The number of rotatable bonds is 2. The summed E-state index contributed by atoms with van der Waals surface area (Å²) >= 11 is 0. The Morgan fingerprint density at radius 2 is 2.06 bits per heavy atom. The highest BCUT2D eigenvalue weighted by Gasteiger charge is 2.22. The molecular weight excluding hydrogens is 241 g/mol. The maximum Gasteiger partial charge on any atom is 0.146 e. The minimum Gasteiger partial charge on any atom is -0.389 e. The molecule has 0 bridgehead atoms. The van der Waals surface area contributed by atoms with Gasteiger partial charge in [0.2, 0.25) is 0 Å². The van der Waals surface area contributed by atoms with Gasteiger partial charge in [-0.15, -0.1) is 0 Å². The molecule has 2 rings (SSSR count). The molecule has 0 amide bonds. The van der Waals surface area contributed by atoms with E-state index in [9.17, 15) is 13.7 Å². The van der Waals surface area contributed by atoms with Crippen LogP contribution in [-0.4, -0.2) is 33.9 Å². The average molecular weight is 257 g/mol. The lowest BCUT2D eigenvalue weighted by atomic mass is 10.1. The molecule has 0 aliphatic carbocycles. The molecule has 0 aromatic heterocycles. The molecule has 1 N–H and O–H groups in total. The monoisotopic (exact) mass is 257 g/mol. The van der Waals surface area contributed by atoms with Crippen molar-refractivity contribution in [3.63, 3.8) is 0 Å². The summed E-state index contributed by atoms with van der Waals surface area (Å²) in [4.78, 5) is 1.87. The summed E-state index contributed by atoms with van der Waals surface area (Å²) in [5.74, 6) is 0.803. The molecule has 1 aromatic carbocycles. The van der Waals surface area contributed by atoms with Crippen molar-refractivity contribution in [3.05, 3.63) is 29.6 Å². The lowest BCUT2D eigenvalue weighted by Gasteiger charge is -2.31. The normalized spacial score (nSPS) is 19.4. The molecule has 0 radical (unpaired) electrons. The van der Waals surface area contributed by atoms with E-state index in [0.717, 1.165) is 0 Å². The van der Waals surface area contributed by atoms with Crippen molar-refractivity contribution in [1.82, 2.24) is 0 Å². The van der Waals surface area contributed by atoms with Crippen molar-refractivity contribution in [2.24, 2.45) is 0 Å². The van der Waals surface area contributed by atoms with Crippen LogP contribution in [0.25, 0.3) is 0 Å². The van der Waals surface area contributed by atoms with Gasteiger partial charge < -0.3 is 10.0 Å². The molecule has 94 valence electrons. The maximum atomic E-state index is 13.9. The first-order valence-electron chi connectivity index (χ1n) is 5.66. The van der Waals surface area contributed by atoms with E-state index in [1.807, 2.05) is 4.90 Å². The van der Waals surface area contributed by atoms with Crippen LogP contribution < -0.4 is 4.90 Å². The number of nitrogens with zero attached hydrogens (tertiary/aromatic N) is 1. The van der Waals surface area contributed by atoms with E-state index in [1.165, 1.54) is 6.07 Å². The van der Waals surface area contributed by atoms with Crippen LogP contribution in [0.4, 0.5) is 10.1 Å². The summed E-state index contributed by atoms with van der Waals surface area (Å²) in [6.45, 7) is 2.78. The van der Waals surface area contributed by atoms with Gasteiger partial charge in [0, 0.05) is 41.0 Å². The zero-order chi connectivity index (χ0) is 12.4. The van der Waals surface area contributed by atoms with Crippen molar-refractivity contribution >= 4 is 16.5 Å². The first kappa shape index (κ1) is 12.5. The number of anilines is 1. The summed E-state index contributed by atoms with van der Waals surface area (Å²) in [5.41, 5.74) is 1.05. The minimum absolute atomic E-state index is 0.323. The zero-order valence-electron chi connectivity index (χ0n) is 9.73. The number of hydrogen-bond donors (Lipinski definition) is 1. The first-order valence-corrected chi connectivity index (χ1v) is 7.15. The average Bonchev–Trinajstić information content (AvgIpc) is 2.30. The largest absolute Gasteiger partial charge is 0.389 e. The summed E-state index contributed by atoms with van der Waals surface area (Å²) < 4.78 is 25.1. The van der Waals surface area contributed by atoms with Crippen LogP contribution in [0.2, 0.25) is 0 Å². The number of hydrogen-bond acceptors (Lipinski definition) is 3. The maximum absolute atomic E-state index is 13.9. The predicted molar refractivity (Wildman–Crippen MR) is 67.1 cm³/mol. The van der Waals surface area contributed by atoms with Crippen molar-refractivity contribution in [2.45, 2.75) is 13.0 Å². The topological polar surface area (TPSA) is 40.5 Å². The van der Waals surface area contributed by atoms with Gasteiger partial charge in [-0.1, -0.05) is 12.1 Å². The molecule has 17 heavy (non-hydrogen) atoms. The third-order valence-electron chi connectivity index (χ3n) is 2.96. The van der Waals surface area contributed by atoms with E-state index in [1.54, 1.807) is 19.1 Å². The van der Waals surface area contributed by atoms with E-state index < -0.39 is 16.9 Å². The van der Waals surface area contributed by atoms with Gasteiger partial charge in [0.05, 0.1) is 11.8 Å². The highest BCUT2D eigenvalue weighted by atomic mass is 32.2. The van der Waals surface area contributed by atoms with Crippen molar-refractivity contribution in [3.8, 4) is 0 Å². The summed E-state index contributed by atoms with van der Waals surface area (Å²) in [7, 11) is -0.785. The molecule has 1 atom stereocenters. The highest BCUT2D eigenvalue weighted by molar-refractivity contribution is 7.85. The number of aliphatic hydroxyl groups excluding tert-OH is 1. The standard InChI is InChI=1S/C12H16FNO2S/c1-9(15)10-3-2-4-11(13)12(10)14-5-7-17(16)8-6-14/h2-4,9,15H,5-8H2,1H3. The van der Waals surface area contributed by atoms with Crippen LogP contribution in [0.1, 0.15) is 18.6 Å². The third kappa shape index (κ3) is 2.66. The SMILES string of the molecule is CC(O)c1cccc(F)c1N1CCS(=O)CC1. The van der Waals surface area contributed by atoms with Crippen LogP contribution in [0.5, 0.6) is 0 Å². The van der Waals surface area contributed by atoms with Crippen LogP contribution in [0.15, 0.2) is 18.2 Å². The van der Waals surface area contributed by atoms with E-state index in [4.69, 9.17) is 0 Å². The van der Waals surface area contributed by atoms with E-state index in [-0.39, 0.29) is 5.82 Å². The summed E-state index contributed by atoms with van der Waals surface area (Å²) in [6.07, 6.45) is -0.701. The molecule has 0 spiro atoms. The Kier molecular flexibility index (Phi) is 3.79. The number of halogens is 1. The van der Waals surface area contributed by atoms with Crippen molar-refractivity contribution in [1.29, 1.82) is 0 Å². The van der Waals surface area contributed by atoms with Gasteiger partial charge in [-0.2, -0.15) is 0 Å². The van der Waals surface area contributed by atoms with Crippen LogP contribution in [0.3, 0.4) is 0 Å². The van der Waals surface area contributed by atoms with Gasteiger partial charge in [0.15, 0.2) is 0 Å². The molecular formula is C12H16FNO2S. The van der Waals surface area contributed by atoms with E-state index in [2.05, 4.69) is 0 Å². The van der Waals surface area contributed by atoms with Gasteiger partial charge in [0.1, 0.15) is 5.82 Å². The van der Waals surface area contributed by atoms with Gasteiger partial charge in [-0.25, -0.2) is 4.39 Å². The molecule has 1 aliphatic rings. The van der Waals surface area contributed by atoms with Crippen molar-refractivity contribution in [2.75, 3.05) is 29.5 Å². The second-order valence-electron chi connectivity index (χ2n) is 4.19. The molecule has 1 fully saturated rings. The molecule has 1 saturated heterocycles. The summed E-state index contributed by atoms with van der Waals surface area (Å²) in [5, 5.41) is 9.66. The van der Waals surface area contributed by atoms with Crippen LogP contribution in [-0.2, 0) is 10.8 Å². The predicted octanol–water partition coefficient (Wildman–Crippen LogP) is 1.45. The smallest absolute Gasteiger partial charge is 0.146 e. The Morgan fingerprint density at radius 1 is 1.41 bits per heavy atom. The van der Waals surface area contributed by atoms with E-state index >= 15 is 0 Å². The van der Waals surface area contributed by atoms with Crippen molar-refractivity contribution < 1.29 is 13.7 Å². The van der Waals surface area contributed by atoms with Crippen LogP contribution in [0, 0.1) is 5.82 Å². The van der Waals surface area contributed by atoms with Gasteiger partial charge in [-0.05, 0) is 13.0 Å². The number of benzene rings is 1. The molecule has 5 heteroatoms. The fourth-order valence-electron chi connectivity index (χ4n) is 2.06. The number of aliphatic hydroxyl groups is 1. The van der Waals surface area contributed by atoms with E-state index in [0.29, 0.717) is 35.8 Å². The third-order valence-corrected chi connectivity index (χ3v) is 4.24. The number of para-hydroxylation sites is 1. The highest BCUT2D eigenvalue weighted by Crippen LogP contribution is 2.29. The fourth-order valence-corrected chi connectivity index (χ4v) is 3.12. The van der Waals surface area contributed by atoms with Gasteiger partial charge in [-0.3, -0.25) is 4.21 Å². The Bertz CT molecular complexity index is 427. The Hall–Kier alpha value is -0.940. The molecule has 3 nitrogen and oxygen atoms in total. The Balaban J connectivity index is 2.33. The molecule has 1 aliphatic heterocycles. The zero-order valence-corrected chi connectivity index (χ0v) is 10.5. The first-order chi connectivity index (χ1) is 8.09. The summed E-state index contributed by atoms with van der Waals surface area (Å²) in [6, 6.07) is 4.73. The second kappa shape index (κ2) is 5.14. The Morgan fingerprint density at radius 3 is 2.65 bits per heavy atom. The fraction of sp³-hybridized carbons (Fsp3) is 0.500. The Labute approximate surface area is 103 Å². The lowest BCUT2D eigenvalue weighted by molar-refractivity contribution is 0.199. The molecule has 1 aromatic rings. The van der Waals surface area contributed by atoms with Crippen LogP contribution >= 0.6 is 0 Å². The molecule has 1 unspecified atom stereocenters. The van der Waals surface area contributed by atoms with Gasteiger partial charge in [0.25, 0.3) is 0 Å². The molecule has 1 heterocycles.